The second kappa shape index (κ2) is 22.3. The molecular weight excluding hydrogens is 1160 g/mol. The summed E-state index contributed by atoms with van der Waals surface area (Å²) in [6.45, 7) is 2.22. The number of H-pyrrole nitrogens is 4. The number of aliphatic hydroxyl groups excluding tert-OH is 1. The van der Waals surface area contributed by atoms with E-state index in [1.165, 1.54) is 12.5 Å². The quantitative estimate of drug-likeness (QED) is 0.0678. The van der Waals surface area contributed by atoms with Crippen LogP contribution in [0.25, 0.3) is 131 Å². The number of carbonyl (C=O) groups excluding carboxylic acids is 5. The first-order chi connectivity index (χ1) is 45.2. The lowest BCUT2D eigenvalue weighted by Gasteiger charge is -2.31. The summed E-state index contributed by atoms with van der Waals surface area (Å²) < 4.78 is 9.34. The molecule has 1 fully saturated rings. The molecule has 9 aromatic carbocycles. The van der Waals surface area contributed by atoms with E-state index >= 15 is 0 Å². The number of rotatable bonds is 7. The zero-order valence-corrected chi connectivity index (χ0v) is 50.4. The van der Waals surface area contributed by atoms with Gasteiger partial charge in [-0.2, -0.15) is 10.5 Å². The number of aromatic amines is 4. The summed E-state index contributed by atoms with van der Waals surface area (Å²) in [4.78, 5) is 90.7. The van der Waals surface area contributed by atoms with Gasteiger partial charge in [0, 0.05) is 120 Å². The second-order valence-electron chi connectivity index (χ2n) is 23.3. The van der Waals surface area contributed by atoms with Crippen LogP contribution in [-0.2, 0) is 34.0 Å². The molecule has 9 N–H and O–H groups in total. The van der Waals surface area contributed by atoms with E-state index < -0.39 is 0 Å². The number of hydrogen-bond acceptors (Lipinski definition) is 11. The van der Waals surface area contributed by atoms with Crippen LogP contribution in [0.2, 0.25) is 0 Å². The Morgan fingerprint density at radius 3 is 1.32 bits per heavy atom. The minimum Gasteiger partial charge on any atom is -0.400 e. The van der Waals surface area contributed by atoms with Crippen LogP contribution in [-0.4, -0.2) is 116 Å². The summed E-state index contributed by atoms with van der Waals surface area (Å²) in [6.07, 6.45) is 2.60. The SMILES string of the molecule is CO.CON(CC(=O)n1c2ccccc2c2c3c(c4c5ccccc5[nH]c4c21)CNC3=O)[C@H]1CCCCO1.CONCC(=O)n1c2ccccc2c2c3c(c4c5ccccc5[nH]c4c21)CNC3=O.O=C1NCc2c1c1c3ccccc3[nH]c1c1[nH]c3ccccc3c21. The number of hydroxylamine groups is 3. The van der Waals surface area contributed by atoms with Gasteiger partial charge in [-0.1, -0.05) is 109 Å². The lowest BCUT2D eigenvalue weighted by molar-refractivity contribution is -0.240. The van der Waals surface area contributed by atoms with Crippen molar-refractivity contribution >= 4 is 160 Å². The normalized spacial score (nSPS) is 15.2. The highest BCUT2D eigenvalue weighted by Crippen LogP contribution is 2.47. The molecule has 4 aliphatic rings. The van der Waals surface area contributed by atoms with Gasteiger partial charge in [-0.15, -0.1) is 0 Å². The fourth-order valence-electron chi connectivity index (χ4n) is 15.0. The molecule has 92 heavy (non-hydrogen) atoms. The molecule has 20 heteroatoms. The molecule has 10 heterocycles. The third-order valence-electron chi connectivity index (χ3n) is 18.7. The van der Waals surface area contributed by atoms with Crippen LogP contribution in [0.5, 0.6) is 0 Å². The molecule has 0 spiro atoms. The number of hydrogen-bond donors (Lipinski definition) is 9. The third-order valence-corrected chi connectivity index (χ3v) is 18.7. The van der Waals surface area contributed by atoms with Gasteiger partial charge in [0.2, 0.25) is 11.8 Å². The summed E-state index contributed by atoms with van der Waals surface area (Å²) in [5.41, 5.74) is 18.7. The Labute approximate surface area is 522 Å². The summed E-state index contributed by atoms with van der Waals surface area (Å²) >= 11 is 0. The lowest BCUT2D eigenvalue weighted by Crippen LogP contribution is -2.42. The molecule has 0 unspecified atom stereocenters. The van der Waals surface area contributed by atoms with Crippen LogP contribution in [0.3, 0.4) is 0 Å². The lowest BCUT2D eigenvalue weighted by atomic mass is 9.97. The van der Waals surface area contributed by atoms with Gasteiger partial charge >= 0.3 is 0 Å². The van der Waals surface area contributed by atoms with E-state index in [2.05, 4.69) is 71.7 Å². The van der Waals surface area contributed by atoms with Crippen molar-refractivity contribution in [3.8, 4) is 0 Å². The van der Waals surface area contributed by atoms with E-state index in [0.29, 0.717) is 37.4 Å². The predicted molar refractivity (Wildman–Crippen MR) is 358 cm³/mol. The van der Waals surface area contributed by atoms with E-state index in [0.717, 1.165) is 174 Å². The Hall–Kier alpha value is -10.7. The average molecular weight is 1220 g/mol. The molecule has 1 saturated heterocycles. The molecule has 0 saturated carbocycles. The Morgan fingerprint density at radius 1 is 0.500 bits per heavy atom. The standard InChI is InChI=1S/C28H26N4O4.C23H18N4O3.C20H13N3O.CH4O/c1-35-31(22-12-6-7-13-36-22)15-21(33)32-20-11-5-3-9-17(20)24-25-18(14-29-28(25)34)23-16-8-2-4-10-19(16)30-26(23)27(24)32;1-30-25-11-17(28)27-16-9-5-3-7-13(16)19-20-14(10-24-23(20)29)18-12-6-2-4-8-15(12)26-21(18)22(19)27;24-20-17-12(9-21-20)15-10-5-1-3-7-13(10)22-18(15)19-16(17)11-6-2-4-8-14(11)23-19;1-2/h2-5,8-11,22,30H,6-7,12-15H2,1H3,(H,29,34);2-9,25-26H,10-11H2,1H3,(H,24,29);1-8,22-23H,9H2,(H,21,24);2H,1H3/t22-;;;/m1.../s1. The number of nitrogens with zero attached hydrogens (tertiary/aromatic N) is 3. The predicted octanol–water partition coefficient (Wildman–Crippen LogP) is 12.0. The van der Waals surface area contributed by atoms with Crippen LogP contribution >= 0.6 is 0 Å². The highest BCUT2D eigenvalue weighted by atomic mass is 16.7. The van der Waals surface area contributed by atoms with Crippen molar-refractivity contribution in [2.75, 3.05) is 41.0 Å². The van der Waals surface area contributed by atoms with Crippen molar-refractivity contribution in [3.63, 3.8) is 0 Å². The molecule has 6 aromatic heterocycles. The van der Waals surface area contributed by atoms with Crippen LogP contribution in [0.15, 0.2) is 146 Å². The second-order valence-corrected chi connectivity index (χ2v) is 23.3. The maximum atomic E-state index is 14.1. The van der Waals surface area contributed by atoms with Gasteiger partial charge in [-0.3, -0.25) is 37.9 Å². The fraction of sp³-hybridized carbons (Fsp3) is 0.181. The molecule has 0 radical (unpaired) electrons. The van der Waals surface area contributed by atoms with Gasteiger partial charge in [0.15, 0.2) is 0 Å². The number of para-hydroxylation sites is 6. The molecular formula is C72H61N11O9. The fourth-order valence-corrected chi connectivity index (χ4v) is 15.0. The van der Waals surface area contributed by atoms with Gasteiger partial charge in [0.05, 0.1) is 75.0 Å². The number of benzene rings is 9. The van der Waals surface area contributed by atoms with E-state index in [-0.39, 0.29) is 48.9 Å². The maximum absolute atomic E-state index is 14.1. The summed E-state index contributed by atoms with van der Waals surface area (Å²) in [5, 5.41) is 29.5. The van der Waals surface area contributed by atoms with Crippen LogP contribution in [0.4, 0.5) is 0 Å². The van der Waals surface area contributed by atoms with Crippen molar-refractivity contribution in [1.82, 2.24) is 55.6 Å². The van der Waals surface area contributed by atoms with Crippen LogP contribution in [0, 0.1) is 0 Å². The number of ether oxygens (including phenoxy) is 1. The zero-order chi connectivity index (χ0) is 62.6. The van der Waals surface area contributed by atoms with E-state index in [9.17, 15) is 24.0 Å². The minimum atomic E-state index is -0.260. The topological polar surface area (TPSA) is 258 Å². The smallest absolute Gasteiger partial charge is 0.252 e. The highest BCUT2D eigenvalue weighted by Gasteiger charge is 2.36. The summed E-state index contributed by atoms with van der Waals surface area (Å²) in [5.74, 6) is -0.497. The first-order valence-electron chi connectivity index (χ1n) is 30.7. The summed E-state index contributed by atoms with van der Waals surface area (Å²) in [6, 6.07) is 48.0. The minimum absolute atomic E-state index is 0.00920. The molecule has 0 aliphatic carbocycles. The van der Waals surface area contributed by atoms with Crippen molar-refractivity contribution in [3.05, 3.63) is 179 Å². The van der Waals surface area contributed by atoms with Crippen molar-refractivity contribution in [2.24, 2.45) is 0 Å². The number of fused-ring (bicyclic) bond motifs is 30. The van der Waals surface area contributed by atoms with Gasteiger partial charge in [-0.25, -0.2) is 0 Å². The monoisotopic (exact) mass is 1220 g/mol. The maximum Gasteiger partial charge on any atom is 0.252 e. The van der Waals surface area contributed by atoms with Crippen molar-refractivity contribution in [2.45, 2.75) is 45.1 Å². The van der Waals surface area contributed by atoms with E-state index in [4.69, 9.17) is 19.5 Å². The van der Waals surface area contributed by atoms with Gasteiger partial charge in [0.25, 0.3) is 17.7 Å². The number of aliphatic hydroxyl groups is 1. The highest BCUT2D eigenvalue weighted by molar-refractivity contribution is 6.35. The molecule has 458 valence electrons. The zero-order valence-electron chi connectivity index (χ0n) is 50.4. The largest absolute Gasteiger partial charge is 0.400 e. The molecule has 1 atom stereocenters. The van der Waals surface area contributed by atoms with Gasteiger partial charge < -0.3 is 50.6 Å². The molecule has 15 aromatic rings. The Morgan fingerprint density at radius 2 is 0.880 bits per heavy atom. The number of aromatic nitrogens is 6. The Kier molecular flexibility index (Phi) is 13.7. The summed E-state index contributed by atoms with van der Waals surface area (Å²) in [7, 11) is 4.05. The third kappa shape index (κ3) is 8.42. The van der Waals surface area contributed by atoms with Crippen molar-refractivity contribution < 1.29 is 43.5 Å². The van der Waals surface area contributed by atoms with Gasteiger partial charge in [-0.05, 0) is 72.4 Å². The Balaban J connectivity index is 0.000000110. The molecule has 19 rings (SSSR count). The number of carbonyl (C=O) groups is 5. The Bertz CT molecular complexity index is 5640. The van der Waals surface area contributed by atoms with Crippen molar-refractivity contribution in [1.29, 1.82) is 0 Å². The molecule has 0 bridgehead atoms. The average Bonchev–Trinajstić information content (AvgIpc) is 1.55. The number of nitrogens with one attached hydrogen (secondary N) is 8. The van der Waals surface area contributed by atoms with Crippen LogP contribution in [0.1, 0.15) is 76.6 Å². The molecule has 20 nitrogen and oxygen atoms in total. The van der Waals surface area contributed by atoms with E-state index in [1.54, 1.807) is 21.3 Å². The first-order valence-corrected chi connectivity index (χ1v) is 30.7. The molecule has 3 amide bonds. The number of amides is 3. The van der Waals surface area contributed by atoms with Gasteiger partial charge in [0.1, 0.15) is 19.3 Å². The first kappa shape index (κ1) is 56.5. The van der Waals surface area contributed by atoms with Crippen LogP contribution < -0.4 is 21.4 Å². The van der Waals surface area contributed by atoms with E-state index in [1.807, 2.05) is 115 Å². The molecule has 4 aliphatic heterocycles.